The summed E-state index contributed by atoms with van der Waals surface area (Å²) in [7, 11) is 0. The summed E-state index contributed by atoms with van der Waals surface area (Å²) in [6.07, 6.45) is 3.98. The highest BCUT2D eigenvalue weighted by Crippen LogP contribution is 2.36. The van der Waals surface area contributed by atoms with Gasteiger partial charge in [0.1, 0.15) is 0 Å². The molecule has 0 bridgehead atoms. The minimum atomic E-state index is -2.92. The zero-order chi connectivity index (χ0) is 18.0. The van der Waals surface area contributed by atoms with E-state index < -0.39 is 6.61 Å². The number of benzene rings is 1. The highest BCUT2D eigenvalue weighted by molar-refractivity contribution is 5.81. The summed E-state index contributed by atoms with van der Waals surface area (Å²) < 4.78 is 35.4. The summed E-state index contributed by atoms with van der Waals surface area (Å²) in [6.45, 7) is -0.811. The molecular weight excluding hydrogens is 332 g/mol. The van der Waals surface area contributed by atoms with Crippen molar-refractivity contribution in [2.45, 2.75) is 32.4 Å². The Kier molecular flexibility index (Phi) is 5.22. The van der Waals surface area contributed by atoms with Crippen LogP contribution in [0.1, 0.15) is 25.3 Å². The third-order valence-corrected chi connectivity index (χ3v) is 4.43. The predicted molar refractivity (Wildman–Crippen MR) is 87.5 cm³/mol. The lowest BCUT2D eigenvalue weighted by molar-refractivity contribution is -0.129. The van der Waals surface area contributed by atoms with E-state index in [0.717, 1.165) is 24.0 Å². The molecule has 25 heavy (non-hydrogen) atoms. The molecular formula is C18H21F2NO4. The Morgan fingerprint density at radius 1 is 1.36 bits per heavy atom. The molecule has 1 amide bonds. The van der Waals surface area contributed by atoms with E-state index in [1.54, 1.807) is 17.0 Å². The summed E-state index contributed by atoms with van der Waals surface area (Å²) in [5.41, 5.74) is 1.60. The van der Waals surface area contributed by atoms with Crippen LogP contribution in [0.25, 0.3) is 5.57 Å². The minimum Gasteiger partial charge on any atom is -0.489 e. The molecule has 0 aromatic heterocycles. The second-order valence-electron chi connectivity index (χ2n) is 6.38. The zero-order valence-electron chi connectivity index (χ0n) is 14.0. The number of halogens is 2. The number of carbonyl (C=O) groups is 1. The van der Waals surface area contributed by atoms with Gasteiger partial charge in [0.05, 0.1) is 19.3 Å². The van der Waals surface area contributed by atoms with Crippen LogP contribution in [0, 0.1) is 5.92 Å². The first-order valence-electron chi connectivity index (χ1n) is 8.28. The Morgan fingerprint density at radius 3 is 2.68 bits per heavy atom. The first-order valence-corrected chi connectivity index (χ1v) is 8.28. The van der Waals surface area contributed by atoms with E-state index in [0.29, 0.717) is 19.1 Å². The molecule has 1 unspecified atom stereocenters. The maximum Gasteiger partial charge on any atom is 0.387 e. The van der Waals surface area contributed by atoms with Crippen LogP contribution in [-0.4, -0.2) is 48.3 Å². The standard InChI is InChI=1S/C18H21F2NO4/c1-11(23)21-8-14(6-15(21)9-22)13-4-5-16(25-18(19)20)17(7-13)24-10-12-2-3-12/h4-7,12,15,18,22H,2-3,8-10H2,1H3. The number of hydrogen-bond acceptors (Lipinski definition) is 4. The number of alkyl halides is 2. The third-order valence-electron chi connectivity index (χ3n) is 4.43. The molecule has 1 fully saturated rings. The van der Waals surface area contributed by atoms with Crippen molar-refractivity contribution in [3.8, 4) is 11.5 Å². The van der Waals surface area contributed by atoms with Crippen LogP contribution >= 0.6 is 0 Å². The van der Waals surface area contributed by atoms with Crippen LogP contribution in [-0.2, 0) is 4.79 Å². The molecule has 1 atom stereocenters. The monoisotopic (exact) mass is 353 g/mol. The Bertz CT molecular complexity index is 673. The smallest absolute Gasteiger partial charge is 0.387 e. The molecule has 1 aliphatic heterocycles. The molecule has 0 saturated heterocycles. The maximum absolute atomic E-state index is 12.6. The summed E-state index contributed by atoms with van der Waals surface area (Å²) in [4.78, 5) is 13.2. The number of ether oxygens (including phenoxy) is 2. The molecule has 1 saturated carbocycles. The van der Waals surface area contributed by atoms with Gasteiger partial charge >= 0.3 is 6.61 Å². The van der Waals surface area contributed by atoms with Crippen LogP contribution in [0.15, 0.2) is 24.3 Å². The quantitative estimate of drug-likeness (QED) is 0.819. The lowest BCUT2D eigenvalue weighted by Crippen LogP contribution is -2.36. The van der Waals surface area contributed by atoms with Gasteiger partial charge < -0.3 is 19.5 Å². The van der Waals surface area contributed by atoms with Crippen molar-refractivity contribution in [3.05, 3.63) is 29.8 Å². The molecule has 136 valence electrons. The second-order valence-corrected chi connectivity index (χ2v) is 6.38. The third kappa shape index (κ3) is 4.28. The van der Waals surface area contributed by atoms with Gasteiger partial charge in [-0.1, -0.05) is 12.1 Å². The highest BCUT2D eigenvalue weighted by Gasteiger charge is 2.28. The van der Waals surface area contributed by atoms with Gasteiger partial charge in [0.25, 0.3) is 0 Å². The maximum atomic E-state index is 12.6. The fraction of sp³-hybridized carbons (Fsp3) is 0.500. The van der Waals surface area contributed by atoms with Crippen LogP contribution < -0.4 is 9.47 Å². The largest absolute Gasteiger partial charge is 0.489 e. The van der Waals surface area contributed by atoms with Gasteiger partial charge in [-0.25, -0.2) is 0 Å². The van der Waals surface area contributed by atoms with Crippen LogP contribution in [0.3, 0.4) is 0 Å². The number of hydrogen-bond donors (Lipinski definition) is 1. The molecule has 1 aromatic carbocycles. The summed E-state index contributed by atoms with van der Waals surface area (Å²) in [5, 5.41) is 9.43. The average molecular weight is 353 g/mol. The van der Waals surface area contributed by atoms with Crippen molar-refractivity contribution in [2.24, 2.45) is 5.92 Å². The Hall–Kier alpha value is -2.15. The Morgan fingerprint density at radius 2 is 2.12 bits per heavy atom. The van der Waals surface area contributed by atoms with Crippen molar-refractivity contribution >= 4 is 11.5 Å². The van der Waals surface area contributed by atoms with Crippen molar-refractivity contribution in [1.82, 2.24) is 4.90 Å². The van der Waals surface area contributed by atoms with Crippen molar-refractivity contribution in [3.63, 3.8) is 0 Å². The van der Waals surface area contributed by atoms with E-state index in [-0.39, 0.29) is 30.1 Å². The summed E-state index contributed by atoms with van der Waals surface area (Å²) in [5.74, 6) is 0.612. The first kappa shape index (κ1) is 17.7. The van der Waals surface area contributed by atoms with E-state index in [1.807, 2.05) is 6.08 Å². The van der Waals surface area contributed by atoms with Crippen LogP contribution in [0.2, 0.25) is 0 Å². The Labute approximate surface area is 144 Å². The van der Waals surface area contributed by atoms with Crippen LogP contribution in [0.5, 0.6) is 11.5 Å². The SMILES string of the molecule is CC(=O)N1CC(c2ccc(OC(F)F)c(OCC3CC3)c2)=CC1CO. The number of amides is 1. The number of aliphatic hydroxyl groups excluding tert-OH is 1. The molecule has 5 nitrogen and oxygen atoms in total. The Balaban J connectivity index is 1.83. The lowest BCUT2D eigenvalue weighted by Gasteiger charge is -2.21. The molecule has 0 spiro atoms. The van der Waals surface area contributed by atoms with Crippen molar-refractivity contribution < 1.29 is 28.2 Å². The molecule has 3 rings (SSSR count). The highest BCUT2D eigenvalue weighted by atomic mass is 19.3. The molecule has 2 aliphatic rings. The van der Waals surface area contributed by atoms with Gasteiger partial charge in [-0.3, -0.25) is 4.79 Å². The fourth-order valence-electron chi connectivity index (χ4n) is 2.87. The van der Waals surface area contributed by atoms with E-state index in [1.165, 1.54) is 13.0 Å². The molecule has 1 heterocycles. The van der Waals surface area contributed by atoms with E-state index in [4.69, 9.17) is 4.74 Å². The van der Waals surface area contributed by atoms with E-state index in [9.17, 15) is 18.7 Å². The van der Waals surface area contributed by atoms with Crippen molar-refractivity contribution in [1.29, 1.82) is 0 Å². The fourth-order valence-corrected chi connectivity index (χ4v) is 2.87. The van der Waals surface area contributed by atoms with Gasteiger partial charge in [-0.05, 0) is 42.0 Å². The van der Waals surface area contributed by atoms with Gasteiger partial charge in [0.15, 0.2) is 11.5 Å². The first-order chi connectivity index (χ1) is 12.0. The number of aliphatic hydroxyl groups is 1. The van der Waals surface area contributed by atoms with E-state index >= 15 is 0 Å². The molecule has 7 heteroatoms. The number of rotatable bonds is 7. The normalized spacial score (nSPS) is 20.0. The second kappa shape index (κ2) is 7.39. The molecule has 1 aliphatic carbocycles. The number of carbonyl (C=O) groups excluding carboxylic acids is 1. The predicted octanol–water partition coefficient (Wildman–Crippen LogP) is 2.68. The minimum absolute atomic E-state index is 0.000120. The van der Waals surface area contributed by atoms with Crippen LogP contribution in [0.4, 0.5) is 8.78 Å². The molecule has 0 radical (unpaired) electrons. The summed E-state index contributed by atoms with van der Waals surface area (Å²) in [6, 6.07) is 4.39. The topological polar surface area (TPSA) is 59.0 Å². The van der Waals surface area contributed by atoms with Gasteiger partial charge in [-0.2, -0.15) is 8.78 Å². The van der Waals surface area contributed by atoms with E-state index in [2.05, 4.69) is 4.74 Å². The molecule has 1 aromatic rings. The van der Waals surface area contributed by atoms with Crippen molar-refractivity contribution in [2.75, 3.05) is 19.8 Å². The number of nitrogens with zero attached hydrogens (tertiary/aromatic N) is 1. The van der Waals surface area contributed by atoms with Gasteiger partial charge in [-0.15, -0.1) is 0 Å². The zero-order valence-corrected chi connectivity index (χ0v) is 14.0. The summed E-state index contributed by atoms with van der Waals surface area (Å²) >= 11 is 0. The lowest BCUT2D eigenvalue weighted by atomic mass is 10.1. The average Bonchev–Trinajstić information content (AvgIpc) is 3.29. The molecule has 1 N–H and O–H groups in total. The van der Waals surface area contributed by atoms with Gasteiger partial charge in [0.2, 0.25) is 5.91 Å². The van der Waals surface area contributed by atoms with Gasteiger partial charge in [0, 0.05) is 13.5 Å².